The number of carbonyl (C=O) groups is 1. The van der Waals surface area contributed by atoms with Crippen LogP contribution in [-0.2, 0) is 19.6 Å². The summed E-state index contributed by atoms with van der Waals surface area (Å²) in [6.45, 7) is 1.76. The largest absolute Gasteiger partial charge is 0.480 e. The van der Waals surface area contributed by atoms with Gasteiger partial charge in [0, 0.05) is 20.2 Å². The lowest BCUT2D eigenvalue weighted by molar-refractivity contribution is -0.136. The van der Waals surface area contributed by atoms with Crippen LogP contribution >= 0.6 is 0 Å². The molecule has 0 bridgehead atoms. The number of sulfonamides is 1. The number of ether oxygens (including phenoxy) is 1. The van der Waals surface area contributed by atoms with Crippen molar-refractivity contribution in [3.05, 3.63) is 0 Å². The maximum atomic E-state index is 11.7. The van der Waals surface area contributed by atoms with E-state index < -0.39 is 21.2 Å². The van der Waals surface area contributed by atoms with E-state index in [0.717, 1.165) is 0 Å². The van der Waals surface area contributed by atoms with Crippen molar-refractivity contribution in [2.24, 2.45) is 0 Å². The van der Waals surface area contributed by atoms with Crippen molar-refractivity contribution in [2.45, 2.75) is 24.7 Å². The summed E-state index contributed by atoms with van der Waals surface area (Å²) >= 11 is 0. The second-order valence-electron chi connectivity index (χ2n) is 3.53. The van der Waals surface area contributed by atoms with E-state index in [1.54, 1.807) is 0 Å². The lowest BCUT2D eigenvalue weighted by atomic mass is 10.3. The molecule has 1 saturated heterocycles. The minimum Gasteiger partial charge on any atom is -0.480 e. The predicted molar refractivity (Wildman–Crippen MR) is 53.0 cm³/mol. The molecule has 1 N–H and O–H groups in total. The maximum Gasteiger partial charge on any atom is 0.323 e. The third kappa shape index (κ3) is 2.47. The van der Waals surface area contributed by atoms with Crippen molar-refractivity contribution in [3.63, 3.8) is 0 Å². The topological polar surface area (TPSA) is 83.9 Å². The van der Waals surface area contributed by atoms with Gasteiger partial charge in [-0.05, 0) is 13.3 Å². The Morgan fingerprint density at radius 2 is 2.20 bits per heavy atom. The molecule has 1 aliphatic heterocycles. The van der Waals surface area contributed by atoms with Gasteiger partial charge < -0.3 is 9.84 Å². The van der Waals surface area contributed by atoms with Crippen LogP contribution in [-0.4, -0.2) is 55.4 Å². The van der Waals surface area contributed by atoms with E-state index in [9.17, 15) is 13.2 Å². The highest BCUT2D eigenvalue weighted by Crippen LogP contribution is 2.19. The first-order valence-corrected chi connectivity index (χ1v) is 6.14. The molecule has 1 fully saturated rings. The maximum absolute atomic E-state index is 11.7. The van der Waals surface area contributed by atoms with Gasteiger partial charge in [-0.3, -0.25) is 4.79 Å². The van der Waals surface area contributed by atoms with Gasteiger partial charge in [-0.25, -0.2) is 8.42 Å². The standard InChI is InChI=1S/C8H15NO5S/c1-6(8(10)11)15(12,13)9-4-3-7(5-9)14-2/h6-7H,3-5H2,1-2H3,(H,10,11). The molecule has 1 aliphatic rings. The number of carboxylic acid groups (broad SMARTS) is 1. The van der Waals surface area contributed by atoms with Crippen LogP contribution < -0.4 is 0 Å². The summed E-state index contributed by atoms with van der Waals surface area (Å²) in [6.07, 6.45) is 0.489. The highest BCUT2D eigenvalue weighted by atomic mass is 32.2. The Morgan fingerprint density at radius 3 is 2.60 bits per heavy atom. The van der Waals surface area contributed by atoms with Crippen molar-refractivity contribution < 1.29 is 23.1 Å². The molecule has 88 valence electrons. The molecule has 1 heterocycles. The highest BCUT2D eigenvalue weighted by molar-refractivity contribution is 7.90. The predicted octanol–water partition coefficient (Wildman–Crippen LogP) is -0.490. The monoisotopic (exact) mass is 237 g/mol. The molecule has 15 heavy (non-hydrogen) atoms. The van der Waals surface area contributed by atoms with Gasteiger partial charge in [-0.1, -0.05) is 0 Å². The minimum atomic E-state index is -3.73. The first kappa shape index (κ1) is 12.4. The fourth-order valence-corrected chi connectivity index (χ4v) is 2.91. The number of hydrogen-bond acceptors (Lipinski definition) is 4. The molecule has 0 amide bonds. The van der Waals surface area contributed by atoms with Crippen LogP contribution in [0.4, 0.5) is 0 Å². The average Bonchev–Trinajstić information content (AvgIpc) is 2.65. The van der Waals surface area contributed by atoms with Gasteiger partial charge in [-0.15, -0.1) is 0 Å². The molecule has 6 nitrogen and oxygen atoms in total. The summed E-state index contributed by atoms with van der Waals surface area (Å²) in [5, 5.41) is 7.27. The Morgan fingerprint density at radius 1 is 1.60 bits per heavy atom. The van der Waals surface area contributed by atoms with E-state index in [4.69, 9.17) is 9.84 Å². The van der Waals surface area contributed by atoms with Crippen LogP contribution in [0.25, 0.3) is 0 Å². The summed E-state index contributed by atoms with van der Waals surface area (Å²) in [5.41, 5.74) is 0. The second-order valence-corrected chi connectivity index (χ2v) is 5.78. The van der Waals surface area contributed by atoms with Gasteiger partial charge in [0.05, 0.1) is 6.10 Å². The number of aliphatic carboxylic acids is 1. The Balaban J connectivity index is 2.76. The number of methoxy groups -OCH3 is 1. The lowest BCUT2D eigenvalue weighted by Crippen LogP contribution is -2.40. The molecule has 7 heteroatoms. The molecular weight excluding hydrogens is 222 g/mol. The van der Waals surface area contributed by atoms with Crippen LogP contribution in [0.2, 0.25) is 0 Å². The molecule has 0 aromatic heterocycles. The van der Waals surface area contributed by atoms with E-state index in [-0.39, 0.29) is 12.6 Å². The van der Waals surface area contributed by atoms with Gasteiger partial charge in [0.2, 0.25) is 10.0 Å². The molecule has 2 unspecified atom stereocenters. The zero-order valence-electron chi connectivity index (χ0n) is 8.71. The molecule has 0 aromatic carbocycles. The summed E-state index contributed by atoms with van der Waals surface area (Å²) in [5.74, 6) is -1.32. The molecule has 0 aromatic rings. The third-order valence-corrected chi connectivity index (χ3v) is 4.74. The van der Waals surface area contributed by atoms with Gasteiger partial charge >= 0.3 is 5.97 Å². The fourth-order valence-electron chi connectivity index (χ4n) is 1.47. The first-order chi connectivity index (χ1) is 6.89. The summed E-state index contributed by atoms with van der Waals surface area (Å²) in [6, 6.07) is 0. The van der Waals surface area contributed by atoms with Crippen molar-refractivity contribution in [1.82, 2.24) is 4.31 Å². The Hall–Kier alpha value is -0.660. The molecule has 0 saturated carbocycles. The van der Waals surface area contributed by atoms with E-state index in [1.807, 2.05) is 0 Å². The molecule has 0 spiro atoms. The molecule has 0 aliphatic carbocycles. The normalized spacial score (nSPS) is 25.3. The number of nitrogens with zero attached hydrogens (tertiary/aromatic N) is 1. The third-order valence-electron chi connectivity index (χ3n) is 2.60. The van der Waals surface area contributed by atoms with Gasteiger partial charge in [0.1, 0.15) is 0 Å². The molecule has 1 rings (SSSR count). The minimum absolute atomic E-state index is 0.124. The van der Waals surface area contributed by atoms with Crippen molar-refractivity contribution in [2.75, 3.05) is 20.2 Å². The van der Waals surface area contributed by atoms with Crippen LogP contribution in [0.5, 0.6) is 0 Å². The fraction of sp³-hybridized carbons (Fsp3) is 0.875. The van der Waals surface area contributed by atoms with Crippen LogP contribution in [0.15, 0.2) is 0 Å². The second kappa shape index (κ2) is 4.46. The number of rotatable bonds is 4. The van der Waals surface area contributed by atoms with Gasteiger partial charge in [-0.2, -0.15) is 4.31 Å². The van der Waals surface area contributed by atoms with Crippen LogP contribution in [0.3, 0.4) is 0 Å². The zero-order valence-corrected chi connectivity index (χ0v) is 9.53. The summed E-state index contributed by atoms with van der Waals surface area (Å²) < 4.78 is 29.7. The summed E-state index contributed by atoms with van der Waals surface area (Å²) in [4.78, 5) is 10.6. The SMILES string of the molecule is COC1CCN(S(=O)(=O)C(C)C(=O)O)C1. The molecule has 0 radical (unpaired) electrons. The Kier molecular flexibility index (Phi) is 3.69. The van der Waals surface area contributed by atoms with Crippen molar-refractivity contribution >= 4 is 16.0 Å². The first-order valence-electron chi connectivity index (χ1n) is 4.64. The van der Waals surface area contributed by atoms with E-state index in [1.165, 1.54) is 18.3 Å². The zero-order chi connectivity index (χ0) is 11.6. The number of hydrogen-bond donors (Lipinski definition) is 1. The Bertz CT molecular complexity index is 339. The average molecular weight is 237 g/mol. The van der Waals surface area contributed by atoms with E-state index in [2.05, 4.69) is 0 Å². The summed E-state index contributed by atoms with van der Waals surface area (Å²) in [7, 11) is -2.21. The highest BCUT2D eigenvalue weighted by Gasteiger charge is 2.38. The van der Waals surface area contributed by atoms with Crippen molar-refractivity contribution in [3.8, 4) is 0 Å². The smallest absolute Gasteiger partial charge is 0.323 e. The molecular formula is C8H15NO5S. The van der Waals surface area contributed by atoms with Gasteiger partial charge in [0.15, 0.2) is 5.25 Å². The molecule has 2 atom stereocenters. The quantitative estimate of drug-likeness (QED) is 0.713. The van der Waals surface area contributed by atoms with E-state index in [0.29, 0.717) is 13.0 Å². The van der Waals surface area contributed by atoms with Gasteiger partial charge in [0.25, 0.3) is 0 Å². The lowest BCUT2D eigenvalue weighted by Gasteiger charge is -2.18. The number of carboxylic acids is 1. The van der Waals surface area contributed by atoms with Crippen LogP contribution in [0.1, 0.15) is 13.3 Å². The van der Waals surface area contributed by atoms with Crippen LogP contribution in [0, 0.1) is 0 Å². The van der Waals surface area contributed by atoms with E-state index >= 15 is 0 Å². The Labute approximate surface area is 88.9 Å². The van der Waals surface area contributed by atoms with Crippen molar-refractivity contribution in [1.29, 1.82) is 0 Å².